The Hall–Kier alpha value is -2.36. The van der Waals surface area contributed by atoms with Crippen LogP contribution in [0.3, 0.4) is 0 Å². The molecule has 0 amide bonds. The Morgan fingerprint density at radius 3 is 1.35 bits per heavy atom. The lowest BCUT2D eigenvalue weighted by Crippen LogP contribution is -2.22. The summed E-state index contributed by atoms with van der Waals surface area (Å²) in [7, 11) is 3.30. The van der Waals surface area contributed by atoms with Gasteiger partial charge in [0.15, 0.2) is 12.6 Å². The van der Waals surface area contributed by atoms with Gasteiger partial charge in [0.1, 0.15) is 11.5 Å². The smallest absolute Gasteiger partial charge is 0.197 e. The summed E-state index contributed by atoms with van der Waals surface area (Å²) >= 11 is 0. The van der Waals surface area contributed by atoms with E-state index >= 15 is 0 Å². The molecule has 2 aromatic rings. The van der Waals surface area contributed by atoms with Gasteiger partial charge >= 0.3 is 0 Å². The number of benzene rings is 2. The highest BCUT2D eigenvalue weighted by molar-refractivity contribution is 5.78. The van der Waals surface area contributed by atoms with E-state index in [1.165, 1.54) is 0 Å². The lowest BCUT2D eigenvalue weighted by molar-refractivity contribution is -0.0890. The number of methoxy groups -OCH3 is 2. The number of unbranched alkanes of at least 4 members (excludes halogenated alkanes) is 2. The zero-order chi connectivity index (χ0) is 37.5. The summed E-state index contributed by atoms with van der Waals surface area (Å²) in [6.07, 6.45) is 3.21. The van der Waals surface area contributed by atoms with E-state index in [0.29, 0.717) is 117 Å². The molecule has 0 aliphatic heterocycles. The Morgan fingerprint density at radius 1 is 0.519 bits per heavy atom. The zero-order valence-electron chi connectivity index (χ0n) is 32.7. The summed E-state index contributed by atoms with van der Waals surface area (Å²) < 4.78 is 68.1. The Morgan fingerprint density at radius 2 is 0.942 bits per heavy atom. The quantitative estimate of drug-likeness (QED) is 0.0587. The maximum Gasteiger partial charge on any atom is 0.197 e. The first-order chi connectivity index (χ1) is 25.5. The summed E-state index contributed by atoms with van der Waals surface area (Å²) in [5.41, 5.74) is 4.11. The topological polar surface area (TPSA) is 111 Å². The highest BCUT2D eigenvalue weighted by Gasteiger charge is 2.20. The lowest BCUT2D eigenvalue weighted by atomic mass is 9.97. The van der Waals surface area contributed by atoms with Crippen molar-refractivity contribution in [1.82, 2.24) is 0 Å². The maximum atomic E-state index is 6.50. The van der Waals surface area contributed by atoms with Crippen LogP contribution in [0.25, 0.3) is 11.1 Å². The van der Waals surface area contributed by atoms with Crippen molar-refractivity contribution in [2.75, 3.05) is 120 Å². The monoisotopic (exact) mass is 738 g/mol. The molecule has 298 valence electrons. The predicted octanol–water partition coefficient (Wildman–Crippen LogP) is 6.27. The second-order valence-electron chi connectivity index (χ2n) is 12.1. The Labute approximate surface area is 312 Å². The van der Waals surface area contributed by atoms with Crippen molar-refractivity contribution in [2.24, 2.45) is 0 Å². The average molecular weight is 739 g/mol. The van der Waals surface area contributed by atoms with Gasteiger partial charge in [-0.05, 0) is 56.9 Å². The van der Waals surface area contributed by atoms with E-state index in [9.17, 15) is 0 Å². The normalized spacial score (nSPS) is 12.7. The van der Waals surface area contributed by atoms with E-state index in [0.717, 1.165) is 47.9 Å². The molecular formula is C40H66O12. The van der Waals surface area contributed by atoms with Gasteiger partial charge in [-0.3, -0.25) is 0 Å². The fourth-order valence-corrected chi connectivity index (χ4v) is 4.98. The number of ether oxygens (including phenoxy) is 12. The van der Waals surface area contributed by atoms with E-state index in [4.69, 9.17) is 56.8 Å². The van der Waals surface area contributed by atoms with Crippen LogP contribution < -0.4 is 9.47 Å². The van der Waals surface area contributed by atoms with Crippen molar-refractivity contribution in [2.45, 2.75) is 66.0 Å². The van der Waals surface area contributed by atoms with Crippen molar-refractivity contribution in [3.05, 3.63) is 47.5 Å². The molecule has 0 spiro atoms. The highest BCUT2D eigenvalue weighted by Crippen LogP contribution is 2.41. The van der Waals surface area contributed by atoms with Crippen LogP contribution in [0.1, 0.15) is 51.2 Å². The van der Waals surface area contributed by atoms with Crippen molar-refractivity contribution in [3.63, 3.8) is 0 Å². The van der Waals surface area contributed by atoms with Gasteiger partial charge in [-0.25, -0.2) is 0 Å². The third kappa shape index (κ3) is 22.0. The second kappa shape index (κ2) is 31.0. The van der Waals surface area contributed by atoms with E-state index in [-0.39, 0.29) is 0 Å². The summed E-state index contributed by atoms with van der Waals surface area (Å²) in [5.74, 6) is 1.40. The summed E-state index contributed by atoms with van der Waals surface area (Å²) in [6, 6.07) is 12.5. The van der Waals surface area contributed by atoms with Gasteiger partial charge in [-0.1, -0.05) is 49.6 Å². The van der Waals surface area contributed by atoms with Crippen molar-refractivity contribution < 1.29 is 56.8 Å². The van der Waals surface area contributed by atoms with E-state index < -0.39 is 12.6 Å². The molecule has 2 rings (SSSR count). The van der Waals surface area contributed by atoms with Gasteiger partial charge in [0.05, 0.1) is 111 Å². The minimum atomic E-state index is -0.524. The van der Waals surface area contributed by atoms with Gasteiger partial charge in [0, 0.05) is 14.2 Å². The number of rotatable bonds is 35. The van der Waals surface area contributed by atoms with Gasteiger partial charge in [-0.15, -0.1) is 0 Å². The molecule has 0 saturated heterocycles. The molecule has 0 bridgehead atoms. The van der Waals surface area contributed by atoms with Gasteiger partial charge in [-0.2, -0.15) is 0 Å². The van der Waals surface area contributed by atoms with Crippen molar-refractivity contribution in [1.29, 1.82) is 0 Å². The predicted molar refractivity (Wildman–Crippen MR) is 201 cm³/mol. The third-order valence-electron chi connectivity index (χ3n) is 7.60. The first kappa shape index (κ1) is 45.8. The van der Waals surface area contributed by atoms with Crippen LogP contribution in [0.15, 0.2) is 36.4 Å². The third-order valence-corrected chi connectivity index (χ3v) is 7.60. The van der Waals surface area contributed by atoms with Crippen molar-refractivity contribution in [3.8, 4) is 22.6 Å². The minimum Gasteiger partial charge on any atom is -0.464 e. The molecule has 2 aromatic carbocycles. The van der Waals surface area contributed by atoms with Gasteiger partial charge < -0.3 is 56.8 Å². The second-order valence-corrected chi connectivity index (χ2v) is 12.1. The molecule has 0 N–H and O–H groups in total. The van der Waals surface area contributed by atoms with E-state index in [1.54, 1.807) is 14.2 Å². The van der Waals surface area contributed by atoms with E-state index in [1.807, 2.05) is 19.9 Å². The van der Waals surface area contributed by atoms with Gasteiger partial charge in [0.25, 0.3) is 0 Å². The maximum absolute atomic E-state index is 6.50. The van der Waals surface area contributed by atoms with Crippen LogP contribution >= 0.6 is 0 Å². The molecule has 0 fully saturated rings. The van der Waals surface area contributed by atoms with Crippen LogP contribution in [0.4, 0.5) is 0 Å². The molecular weight excluding hydrogens is 672 g/mol. The molecule has 2 unspecified atom stereocenters. The molecule has 0 saturated carbocycles. The standard InChI is InChI=1S/C40H66O12/c1-7-8-9-12-36-31-38(51-34(3)49-28-26-47-24-22-45-20-18-43-16-14-41-5)40(37-13-10-11-33(2)30-37)39(32-36)52-35(4)50-29-27-48-25-23-46-21-19-44-17-15-42-6/h10-11,13,30-32,34-35H,7-9,12,14-29H2,1-6H3. The highest BCUT2D eigenvalue weighted by atomic mass is 16.7. The molecule has 0 heterocycles. The average Bonchev–Trinajstić information content (AvgIpc) is 3.12. The summed E-state index contributed by atoms with van der Waals surface area (Å²) in [5, 5.41) is 0. The SMILES string of the molecule is CCCCCc1cc(OC(C)OCCOCCOCCOCCOC)c(-c2cccc(C)c2)c(OC(C)OCCOCCOCCOCCOC)c1. The molecule has 12 nitrogen and oxygen atoms in total. The number of hydrogen-bond donors (Lipinski definition) is 0. The van der Waals surface area contributed by atoms with Crippen LogP contribution in [0.2, 0.25) is 0 Å². The molecule has 0 aliphatic carbocycles. The van der Waals surface area contributed by atoms with Gasteiger partial charge in [0.2, 0.25) is 0 Å². The molecule has 0 aromatic heterocycles. The van der Waals surface area contributed by atoms with Crippen molar-refractivity contribution >= 4 is 0 Å². The Bertz CT molecular complexity index is 1080. The zero-order valence-corrected chi connectivity index (χ0v) is 32.7. The van der Waals surface area contributed by atoms with Crippen LogP contribution in [0, 0.1) is 6.92 Å². The minimum absolute atomic E-state index is 0.378. The molecule has 0 aliphatic rings. The molecule has 2 atom stereocenters. The number of hydrogen-bond acceptors (Lipinski definition) is 12. The van der Waals surface area contributed by atoms with Crippen LogP contribution in [0.5, 0.6) is 11.5 Å². The molecule has 52 heavy (non-hydrogen) atoms. The Kier molecular flexibility index (Phi) is 27.3. The fourth-order valence-electron chi connectivity index (χ4n) is 4.98. The van der Waals surface area contributed by atoms with E-state index in [2.05, 4.69) is 44.2 Å². The van der Waals surface area contributed by atoms with Crippen LogP contribution in [-0.2, 0) is 53.8 Å². The first-order valence-corrected chi connectivity index (χ1v) is 18.7. The summed E-state index contributed by atoms with van der Waals surface area (Å²) in [4.78, 5) is 0. The Balaban J connectivity index is 1.95. The summed E-state index contributed by atoms with van der Waals surface area (Å²) in [6.45, 7) is 16.0. The molecule has 12 heteroatoms. The first-order valence-electron chi connectivity index (χ1n) is 18.7. The fraction of sp³-hybridized carbons (Fsp3) is 0.700. The number of aryl methyl sites for hydroxylation is 2. The lowest BCUT2D eigenvalue weighted by Gasteiger charge is -2.24. The molecule has 0 radical (unpaired) electrons. The van der Waals surface area contributed by atoms with Crippen LogP contribution in [-0.4, -0.2) is 133 Å². The largest absolute Gasteiger partial charge is 0.464 e.